The first-order valence-electron chi connectivity index (χ1n) is 12.8. The lowest BCUT2D eigenvalue weighted by atomic mass is 9.89. The zero-order valence-corrected chi connectivity index (χ0v) is 24.2. The number of nitrogens with zero attached hydrogens (tertiary/aromatic N) is 1. The summed E-state index contributed by atoms with van der Waals surface area (Å²) in [5, 5.41) is 5.64. The summed E-state index contributed by atoms with van der Waals surface area (Å²) in [5.41, 5.74) is 4.76. The van der Waals surface area contributed by atoms with Crippen LogP contribution in [-0.2, 0) is 19.1 Å². The number of rotatable bonds is 10. The first-order chi connectivity index (χ1) is 16.8. The summed E-state index contributed by atoms with van der Waals surface area (Å²) in [7, 11) is 0. The van der Waals surface area contributed by atoms with Gasteiger partial charge in [-0.1, -0.05) is 31.2 Å². The highest BCUT2D eigenvalue weighted by Crippen LogP contribution is 2.34. The van der Waals surface area contributed by atoms with Crippen LogP contribution in [0.2, 0.25) is 0 Å². The van der Waals surface area contributed by atoms with Gasteiger partial charge in [-0.25, -0.2) is 4.79 Å². The van der Waals surface area contributed by atoms with Gasteiger partial charge in [0.2, 0.25) is 17.7 Å². The van der Waals surface area contributed by atoms with Crippen molar-refractivity contribution >= 4 is 23.8 Å². The van der Waals surface area contributed by atoms with E-state index in [4.69, 9.17) is 10.5 Å². The third-order valence-electron chi connectivity index (χ3n) is 5.91. The van der Waals surface area contributed by atoms with Crippen LogP contribution in [0.1, 0.15) is 98.7 Å². The summed E-state index contributed by atoms with van der Waals surface area (Å²) in [6.07, 6.45) is -0.434. The van der Waals surface area contributed by atoms with E-state index in [1.807, 2.05) is 72.7 Å². The van der Waals surface area contributed by atoms with E-state index in [1.165, 1.54) is 4.90 Å². The normalized spacial score (nSPS) is 13.8. The Bertz CT molecular complexity index is 976. The first kappa shape index (κ1) is 31.9. The van der Waals surface area contributed by atoms with Gasteiger partial charge in [0.15, 0.2) is 0 Å². The molecule has 0 heterocycles. The summed E-state index contributed by atoms with van der Waals surface area (Å²) in [6.45, 7) is 18.3. The Morgan fingerprint density at radius 2 is 1.57 bits per heavy atom. The van der Waals surface area contributed by atoms with E-state index in [1.54, 1.807) is 20.8 Å². The van der Waals surface area contributed by atoms with Gasteiger partial charge in [-0.3, -0.25) is 14.4 Å². The molecule has 0 bridgehead atoms. The van der Waals surface area contributed by atoms with E-state index in [9.17, 15) is 19.2 Å². The monoisotopic (exact) mass is 518 g/mol. The molecule has 0 spiro atoms. The maximum atomic E-state index is 14.3. The highest BCUT2D eigenvalue weighted by molar-refractivity contribution is 5.93. The lowest BCUT2D eigenvalue weighted by Crippen LogP contribution is -2.60. The number of hydrogen-bond donors (Lipinski definition) is 3. The van der Waals surface area contributed by atoms with Crippen molar-refractivity contribution in [2.75, 3.05) is 0 Å². The Morgan fingerprint density at radius 3 is 2.03 bits per heavy atom. The molecule has 0 aromatic heterocycles. The van der Waals surface area contributed by atoms with Crippen molar-refractivity contribution in [1.29, 1.82) is 0 Å². The van der Waals surface area contributed by atoms with Crippen LogP contribution < -0.4 is 16.4 Å². The fourth-order valence-electron chi connectivity index (χ4n) is 3.84. The number of hydrogen-bond acceptors (Lipinski definition) is 5. The summed E-state index contributed by atoms with van der Waals surface area (Å²) in [5.74, 6) is -1.45. The maximum Gasteiger partial charge on any atom is 0.408 e. The average molecular weight is 519 g/mol. The van der Waals surface area contributed by atoms with Crippen LogP contribution in [-0.4, -0.2) is 51.4 Å². The third-order valence-corrected chi connectivity index (χ3v) is 5.91. The number of benzene rings is 1. The number of nitrogens with one attached hydrogen (secondary N) is 2. The molecule has 2 unspecified atom stereocenters. The van der Waals surface area contributed by atoms with Crippen LogP contribution in [0.3, 0.4) is 0 Å². The standard InChI is InChI=1S/C28H46N4O5/c1-11-28(9,10)32(22(23(34)31-26(3,4)5)19-15-13-12-14-18(19)2)24(35)20(16-17-21(29)33)30-25(36)37-27(6,7)8/h12-15,20,22H,11,16-17H2,1-10H3,(H2,29,33)(H,30,36)(H,31,34). The average Bonchev–Trinajstić information content (AvgIpc) is 2.72. The molecule has 37 heavy (non-hydrogen) atoms. The summed E-state index contributed by atoms with van der Waals surface area (Å²) >= 11 is 0. The molecule has 0 saturated carbocycles. The molecule has 1 aromatic rings. The van der Waals surface area contributed by atoms with Crippen molar-refractivity contribution in [3.05, 3.63) is 35.4 Å². The van der Waals surface area contributed by atoms with Crippen LogP contribution in [0.5, 0.6) is 0 Å². The Morgan fingerprint density at radius 1 is 1.00 bits per heavy atom. The summed E-state index contributed by atoms with van der Waals surface area (Å²) in [6, 6.07) is 5.28. The second kappa shape index (κ2) is 12.4. The van der Waals surface area contributed by atoms with Gasteiger partial charge in [-0.2, -0.15) is 0 Å². The van der Waals surface area contributed by atoms with Crippen LogP contribution in [0.25, 0.3) is 0 Å². The van der Waals surface area contributed by atoms with E-state index < -0.39 is 46.7 Å². The van der Waals surface area contributed by atoms with Crippen LogP contribution in [0.4, 0.5) is 4.79 Å². The Labute approximate surface area is 221 Å². The lowest BCUT2D eigenvalue weighted by Gasteiger charge is -2.45. The topological polar surface area (TPSA) is 131 Å². The third kappa shape index (κ3) is 10.1. The molecule has 0 aliphatic rings. The van der Waals surface area contributed by atoms with Crippen LogP contribution in [0, 0.1) is 6.92 Å². The maximum absolute atomic E-state index is 14.3. The Hall–Kier alpha value is -3.10. The van der Waals surface area contributed by atoms with Crippen molar-refractivity contribution in [1.82, 2.24) is 15.5 Å². The molecule has 0 aliphatic heterocycles. The number of ether oxygens (including phenoxy) is 1. The minimum Gasteiger partial charge on any atom is -0.444 e. The predicted molar refractivity (Wildman–Crippen MR) is 145 cm³/mol. The van der Waals surface area contributed by atoms with Gasteiger partial charge in [0.1, 0.15) is 17.7 Å². The van der Waals surface area contributed by atoms with Crippen molar-refractivity contribution in [3.8, 4) is 0 Å². The van der Waals surface area contributed by atoms with Gasteiger partial charge in [-0.15, -0.1) is 0 Å². The molecule has 0 aliphatic carbocycles. The largest absolute Gasteiger partial charge is 0.444 e. The number of aryl methyl sites for hydroxylation is 1. The van der Waals surface area contributed by atoms with Crippen molar-refractivity contribution in [2.24, 2.45) is 5.73 Å². The SMILES string of the molecule is CCC(C)(C)N(C(=O)C(CCC(N)=O)NC(=O)OC(C)(C)C)C(C(=O)NC(C)(C)C)c1ccccc1C. The second-order valence-corrected chi connectivity index (χ2v) is 12.1. The summed E-state index contributed by atoms with van der Waals surface area (Å²) < 4.78 is 5.38. The zero-order valence-electron chi connectivity index (χ0n) is 24.2. The lowest BCUT2D eigenvalue weighted by molar-refractivity contribution is -0.150. The quantitative estimate of drug-likeness (QED) is 0.429. The van der Waals surface area contributed by atoms with Gasteiger partial charge in [0, 0.05) is 17.5 Å². The Kier molecular flexibility index (Phi) is 10.7. The number of carbonyl (C=O) groups is 4. The number of primary amides is 1. The van der Waals surface area contributed by atoms with Gasteiger partial charge >= 0.3 is 6.09 Å². The molecular weight excluding hydrogens is 472 g/mol. The van der Waals surface area contributed by atoms with Gasteiger partial charge in [-0.05, 0) is 86.3 Å². The molecule has 2 atom stereocenters. The number of amides is 4. The van der Waals surface area contributed by atoms with E-state index >= 15 is 0 Å². The number of nitrogens with two attached hydrogens (primary N) is 1. The molecule has 4 amide bonds. The molecule has 4 N–H and O–H groups in total. The van der Waals surface area contributed by atoms with Crippen molar-refractivity contribution in [3.63, 3.8) is 0 Å². The van der Waals surface area contributed by atoms with E-state index in [0.717, 1.165) is 5.56 Å². The molecular formula is C28H46N4O5. The molecule has 9 heteroatoms. The number of carbonyl (C=O) groups excluding carboxylic acids is 4. The molecule has 208 valence electrons. The molecule has 0 fully saturated rings. The van der Waals surface area contributed by atoms with Crippen molar-refractivity contribution < 1.29 is 23.9 Å². The predicted octanol–water partition coefficient (Wildman–Crippen LogP) is 4.13. The minimum absolute atomic E-state index is 0.0366. The molecule has 9 nitrogen and oxygen atoms in total. The zero-order chi connectivity index (χ0) is 28.8. The number of alkyl carbamates (subject to hydrolysis) is 1. The van der Waals surface area contributed by atoms with Crippen molar-refractivity contribution in [2.45, 2.75) is 117 Å². The highest BCUT2D eigenvalue weighted by atomic mass is 16.6. The summed E-state index contributed by atoms with van der Waals surface area (Å²) in [4.78, 5) is 53.9. The van der Waals surface area contributed by atoms with E-state index in [0.29, 0.717) is 12.0 Å². The smallest absolute Gasteiger partial charge is 0.408 e. The van der Waals surface area contributed by atoms with Gasteiger partial charge in [0.25, 0.3) is 0 Å². The van der Waals surface area contributed by atoms with E-state index in [2.05, 4.69) is 10.6 Å². The van der Waals surface area contributed by atoms with Gasteiger partial charge < -0.3 is 26.0 Å². The van der Waals surface area contributed by atoms with Crippen LogP contribution >= 0.6 is 0 Å². The first-order valence-corrected chi connectivity index (χ1v) is 12.8. The Balaban J connectivity index is 3.71. The fraction of sp³-hybridized carbons (Fsp3) is 0.643. The molecule has 0 radical (unpaired) electrons. The van der Waals surface area contributed by atoms with Crippen LogP contribution in [0.15, 0.2) is 24.3 Å². The molecule has 1 rings (SSSR count). The fourth-order valence-corrected chi connectivity index (χ4v) is 3.84. The van der Waals surface area contributed by atoms with Gasteiger partial charge in [0.05, 0.1) is 0 Å². The molecule has 0 saturated heterocycles. The van der Waals surface area contributed by atoms with E-state index in [-0.39, 0.29) is 18.7 Å². The highest BCUT2D eigenvalue weighted by Gasteiger charge is 2.44. The minimum atomic E-state index is -1.14. The second-order valence-electron chi connectivity index (χ2n) is 12.1. The molecule has 1 aromatic carbocycles.